The van der Waals surface area contributed by atoms with Crippen molar-refractivity contribution in [1.29, 1.82) is 0 Å². The SMILES string of the molecule is COc1ncnc2c1NC(=O)CN2c1ccc(C)cc1. The van der Waals surface area contributed by atoms with Crippen molar-refractivity contribution in [3.05, 3.63) is 36.2 Å². The fourth-order valence-electron chi connectivity index (χ4n) is 2.17. The largest absolute Gasteiger partial charge is 0.479 e. The van der Waals surface area contributed by atoms with Crippen molar-refractivity contribution in [1.82, 2.24) is 9.97 Å². The molecule has 3 rings (SSSR count). The standard InChI is InChI=1S/C14H14N4O2/c1-9-3-5-10(6-4-9)18-7-11(19)17-12-13(18)15-8-16-14(12)20-2/h3-6,8H,7H2,1-2H3,(H,17,19). The number of nitrogens with one attached hydrogen (secondary N) is 1. The molecule has 1 aromatic carbocycles. The molecule has 20 heavy (non-hydrogen) atoms. The number of hydrogen-bond acceptors (Lipinski definition) is 5. The Bertz CT molecular complexity index is 655. The Morgan fingerprint density at radius 3 is 2.70 bits per heavy atom. The fraction of sp³-hybridized carbons (Fsp3) is 0.214. The Kier molecular flexibility index (Phi) is 2.98. The second-order valence-electron chi connectivity index (χ2n) is 4.55. The van der Waals surface area contributed by atoms with Crippen LogP contribution in [-0.2, 0) is 4.79 Å². The number of fused-ring (bicyclic) bond motifs is 1. The smallest absolute Gasteiger partial charge is 0.244 e. The van der Waals surface area contributed by atoms with Crippen LogP contribution in [0.15, 0.2) is 30.6 Å². The zero-order valence-corrected chi connectivity index (χ0v) is 11.3. The molecule has 0 fully saturated rings. The van der Waals surface area contributed by atoms with Gasteiger partial charge in [-0.2, -0.15) is 4.98 Å². The molecule has 1 aliphatic rings. The van der Waals surface area contributed by atoms with Crippen LogP contribution in [0, 0.1) is 6.92 Å². The molecule has 2 aromatic rings. The number of ether oxygens (including phenoxy) is 1. The third-order valence-electron chi connectivity index (χ3n) is 3.15. The molecule has 102 valence electrons. The van der Waals surface area contributed by atoms with Crippen LogP contribution in [0.4, 0.5) is 17.2 Å². The predicted molar refractivity (Wildman–Crippen MR) is 75.4 cm³/mol. The molecule has 1 N–H and O–H groups in total. The van der Waals surface area contributed by atoms with E-state index in [9.17, 15) is 4.79 Å². The molecule has 0 spiro atoms. The van der Waals surface area contributed by atoms with Gasteiger partial charge in [0.1, 0.15) is 18.6 Å². The fourth-order valence-corrected chi connectivity index (χ4v) is 2.17. The third kappa shape index (κ3) is 2.05. The summed E-state index contributed by atoms with van der Waals surface area (Å²) in [6.07, 6.45) is 1.43. The first-order valence-electron chi connectivity index (χ1n) is 6.22. The summed E-state index contributed by atoms with van der Waals surface area (Å²) in [5.74, 6) is 0.881. The van der Waals surface area contributed by atoms with E-state index in [4.69, 9.17) is 4.74 Å². The van der Waals surface area contributed by atoms with Crippen molar-refractivity contribution >= 4 is 23.1 Å². The van der Waals surface area contributed by atoms with E-state index in [1.807, 2.05) is 36.1 Å². The van der Waals surface area contributed by atoms with Crippen LogP contribution in [0.5, 0.6) is 5.88 Å². The van der Waals surface area contributed by atoms with Crippen molar-refractivity contribution in [3.8, 4) is 5.88 Å². The Morgan fingerprint density at radius 1 is 1.25 bits per heavy atom. The van der Waals surface area contributed by atoms with Gasteiger partial charge in [0.2, 0.25) is 11.8 Å². The van der Waals surface area contributed by atoms with Crippen LogP contribution in [-0.4, -0.2) is 29.5 Å². The number of amides is 1. The first-order valence-corrected chi connectivity index (χ1v) is 6.22. The highest BCUT2D eigenvalue weighted by molar-refractivity contribution is 6.03. The monoisotopic (exact) mass is 270 g/mol. The molecule has 0 aliphatic carbocycles. The third-order valence-corrected chi connectivity index (χ3v) is 3.15. The van der Waals surface area contributed by atoms with Crippen LogP contribution in [0.25, 0.3) is 0 Å². The highest BCUT2D eigenvalue weighted by Crippen LogP contribution is 2.37. The molecule has 6 heteroatoms. The van der Waals surface area contributed by atoms with Crippen LogP contribution in [0.1, 0.15) is 5.56 Å². The lowest BCUT2D eigenvalue weighted by molar-refractivity contribution is -0.115. The second kappa shape index (κ2) is 4.80. The normalized spacial score (nSPS) is 13.7. The molecule has 1 amide bonds. The van der Waals surface area contributed by atoms with Gasteiger partial charge in [-0.25, -0.2) is 4.98 Å². The lowest BCUT2D eigenvalue weighted by Crippen LogP contribution is -2.36. The van der Waals surface area contributed by atoms with Gasteiger partial charge in [0, 0.05) is 5.69 Å². The zero-order valence-electron chi connectivity index (χ0n) is 11.3. The summed E-state index contributed by atoms with van der Waals surface area (Å²) >= 11 is 0. The molecule has 0 radical (unpaired) electrons. The number of benzene rings is 1. The van der Waals surface area contributed by atoms with E-state index in [1.165, 1.54) is 13.4 Å². The van der Waals surface area contributed by atoms with Crippen LogP contribution in [0.2, 0.25) is 0 Å². The Hall–Kier alpha value is -2.63. The lowest BCUT2D eigenvalue weighted by atomic mass is 10.2. The average molecular weight is 270 g/mol. The Labute approximate surface area is 116 Å². The molecule has 0 bridgehead atoms. The van der Waals surface area contributed by atoms with Gasteiger partial charge in [0.15, 0.2) is 5.82 Å². The van der Waals surface area contributed by atoms with Crippen LogP contribution in [0.3, 0.4) is 0 Å². The summed E-state index contributed by atoms with van der Waals surface area (Å²) in [5, 5.41) is 2.76. The first-order chi connectivity index (χ1) is 9.69. The lowest BCUT2D eigenvalue weighted by Gasteiger charge is -2.29. The maximum absolute atomic E-state index is 11.9. The molecular weight excluding hydrogens is 256 g/mol. The van der Waals surface area contributed by atoms with Crippen molar-refractivity contribution in [2.24, 2.45) is 0 Å². The number of rotatable bonds is 2. The number of anilines is 3. The number of aromatic nitrogens is 2. The second-order valence-corrected chi connectivity index (χ2v) is 4.55. The van der Waals surface area contributed by atoms with Gasteiger partial charge >= 0.3 is 0 Å². The van der Waals surface area contributed by atoms with E-state index in [0.29, 0.717) is 17.4 Å². The number of nitrogens with zero attached hydrogens (tertiary/aromatic N) is 3. The number of carbonyl (C=O) groups is 1. The summed E-state index contributed by atoms with van der Waals surface area (Å²) in [6, 6.07) is 7.93. The van der Waals surface area contributed by atoms with Gasteiger partial charge in [0.25, 0.3) is 0 Å². The van der Waals surface area contributed by atoms with E-state index in [1.54, 1.807) is 0 Å². The van der Waals surface area contributed by atoms with Gasteiger partial charge in [-0.15, -0.1) is 0 Å². The molecule has 1 aliphatic heterocycles. The molecule has 0 atom stereocenters. The van der Waals surface area contributed by atoms with Crippen molar-refractivity contribution in [2.45, 2.75) is 6.92 Å². The minimum atomic E-state index is -0.119. The van der Waals surface area contributed by atoms with E-state index >= 15 is 0 Å². The first kappa shape index (κ1) is 12.4. The Balaban J connectivity index is 2.10. The van der Waals surface area contributed by atoms with Crippen LogP contribution < -0.4 is 15.0 Å². The quantitative estimate of drug-likeness (QED) is 0.902. The van der Waals surface area contributed by atoms with Gasteiger partial charge in [-0.1, -0.05) is 17.7 Å². The van der Waals surface area contributed by atoms with E-state index in [0.717, 1.165) is 11.3 Å². The van der Waals surface area contributed by atoms with Gasteiger partial charge in [0.05, 0.1) is 7.11 Å². The molecular formula is C14H14N4O2. The molecule has 2 heterocycles. The van der Waals surface area contributed by atoms with Crippen molar-refractivity contribution in [2.75, 3.05) is 23.9 Å². The highest BCUT2D eigenvalue weighted by atomic mass is 16.5. The number of methoxy groups -OCH3 is 1. The van der Waals surface area contributed by atoms with Gasteiger partial charge < -0.3 is 15.0 Å². The van der Waals surface area contributed by atoms with Crippen molar-refractivity contribution < 1.29 is 9.53 Å². The van der Waals surface area contributed by atoms with Crippen LogP contribution >= 0.6 is 0 Å². The minimum Gasteiger partial charge on any atom is -0.479 e. The topological polar surface area (TPSA) is 67.4 Å². The summed E-state index contributed by atoms with van der Waals surface area (Å²) in [6.45, 7) is 2.24. The summed E-state index contributed by atoms with van der Waals surface area (Å²) in [5.41, 5.74) is 2.58. The predicted octanol–water partition coefficient (Wildman–Crippen LogP) is 1.88. The molecule has 0 saturated carbocycles. The average Bonchev–Trinajstić information content (AvgIpc) is 2.46. The zero-order chi connectivity index (χ0) is 14.1. The van der Waals surface area contributed by atoms with Gasteiger partial charge in [-0.3, -0.25) is 4.79 Å². The van der Waals surface area contributed by atoms with E-state index < -0.39 is 0 Å². The minimum absolute atomic E-state index is 0.119. The maximum Gasteiger partial charge on any atom is 0.244 e. The molecule has 0 saturated heterocycles. The van der Waals surface area contributed by atoms with E-state index in [-0.39, 0.29) is 12.5 Å². The highest BCUT2D eigenvalue weighted by Gasteiger charge is 2.27. The van der Waals surface area contributed by atoms with Crippen molar-refractivity contribution in [3.63, 3.8) is 0 Å². The Morgan fingerprint density at radius 2 is 2.00 bits per heavy atom. The summed E-state index contributed by atoms with van der Waals surface area (Å²) in [7, 11) is 1.51. The number of carbonyl (C=O) groups excluding carboxylic acids is 1. The number of aryl methyl sites for hydroxylation is 1. The molecule has 1 aromatic heterocycles. The number of hydrogen-bond donors (Lipinski definition) is 1. The van der Waals surface area contributed by atoms with E-state index in [2.05, 4.69) is 15.3 Å². The molecule has 6 nitrogen and oxygen atoms in total. The summed E-state index contributed by atoms with van der Waals surface area (Å²) < 4.78 is 5.17. The van der Waals surface area contributed by atoms with Gasteiger partial charge in [-0.05, 0) is 19.1 Å². The summed E-state index contributed by atoms with van der Waals surface area (Å²) in [4.78, 5) is 22.0. The maximum atomic E-state index is 11.9. The molecule has 0 unspecified atom stereocenters.